The number of anilines is 1. The molecule has 0 aliphatic rings. The highest BCUT2D eigenvalue weighted by Crippen LogP contribution is 2.24. The number of nitrogens with one attached hydrogen (secondary N) is 1. The molecule has 0 aromatic heterocycles. The molecule has 0 aliphatic heterocycles. The zero-order valence-corrected chi connectivity index (χ0v) is 17.3. The number of phenolic OH excluding ortho intramolecular Hbond substituents is 2. The number of hydrogen-bond donors (Lipinski definition) is 3. The summed E-state index contributed by atoms with van der Waals surface area (Å²) >= 11 is 0. The van der Waals surface area contributed by atoms with Gasteiger partial charge in [-0.1, -0.05) is 51.2 Å². The summed E-state index contributed by atoms with van der Waals surface area (Å²) < 4.78 is 27.0. The maximum Gasteiger partial charge on any atom is 0.232 e. The standard InChI is InChI=1S/C22H31NO4S/c1-2-3-4-5-6-7-16-28(26,27)23-20-12-9-18(10-13-20)8-11-19-17-21(24)14-15-22(19)25/h9-10,12-15,17,23-25H,2-8,11,16H2,1H3. The molecule has 28 heavy (non-hydrogen) atoms. The second-order valence-corrected chi connectivity index (χ2v) is 9.04. The zero-order valence-electron chi connectivity index (χ0n) is 16.5. The molecule has 0 heterocycles. The van der Waals surface area contributed by atoms with Gasteiger partial charge in [0.05, 0.1) is 5.75 Å². The Kier molecular flexibility index (Phi) is 8.64. The van der Waals surface area contributed by atoms with Crippen LogP contribution >= 0.6 is 0 Å². The van der Waals surface area contributed by atoms with Crippen molar-refractivity contribution in [1.29, 1.82) is 0 Å². The molecule has 0 saturated carbocycles. The molecule has 0 fully saturated rings. The first kappa shape index (κ1) is 22.1. The number of rotatable bonds is 12. The van der Waals surface area contributed by atoms with Crippen molar-refractivity contribution in [2.75, 3.05) is 10.5 Å². The van der Waals surface area contributed by atoms with E-state index < -0.39 is 10.0 Å². The molecule has 6 heteroatoms. The third-order valence-corrected chi connectivity index (χ3v) is 6.11. The van der Waals surface area contributed by atoms with E-state index in [9.17, 15) is 18.6 Å². The third-order valence-electron chi connectivity index (χ3n) is 4.74. The number of sulfonamides is 1. The molecule has 0 amide bonds. The summed E-state index contributed by atoms with van der Waals surface area (Å²) in [4.78, 5) is 0. The van der Waals surface area contributed by atoms with Gasteiger partial charge in [-0.25, -0.2) is 8.42 Å². The van der Waals surface area contributed by atoms with Gasteiger partial charge in [-0.05, 0) is 60.7 Å². The Balaban J connectivity index is 1.80. The summed E-state index contributed by atoms with van der Waals surface area (Å²) in [6.45, 7) is 2.16. The second-order valence-electron chi connectivity index (χ2n) is 7.20. The van der Waals surface area contributed by atoms with E-state index in [4.69, 9.17) is 0 Å². The van der Waals surface area contributed by atoms with Gasteiger partial charge in [0.25, 0.3) is 0 Å². The van der Waals surface area contributed by atoms with Crippen molar-refractivity contribution < 1.29 is 18.6 Å². The fourth-order valence-electron chi connectivity index (χ4n) is 3.09. The van der Waals surface area contributed by atoms with Gasteiger partial charge in [0.1, 0.15) is 11.5 Å². The van der Waals surface area contributed by atoms with Crippen LogP contribution in [0.25, 0.3) is 0 Å². The lowest BCUT2D eigenvalue weighted by molar-refractivity contribution is 0.454. The molecule has 0 unspecified atom stereocenters. The minimum Gasteiger partial charge on any atom is -0.508 e. The predicted molar refractivity (Wildman–Crippen MR) is 114 cm³/mol. The van der Waals surface area contributed by atoms with E-state index in [1.165, 1.54) is 31.4 Å². The van der Waals surface area contributed by atoms with Crippen LogP contribution in [0.3, 0.4) is 0 Å². The summed E-state index contributed by atoms with van der Waals surface area (Å²) in [7, 11) is -3.32. The number of unbranched alkanes of at least 4 members (excludes halogenated alkanes) is 5. The molecule has 154 valence electrons. The van der Waals surface area contributed by atoms with Crippen molar-refractivity contribution in [3.8, 4) is 11.5 Å². The van der Waals surface area contributed by atoms with Crippen LogP contribution < -0.4 is 4.72 Å². The smallest absolute Gasteiger partial charge is 0.232 e. The Morgan fingerprint density at radius 3 is 2.25 bits per heavy atom. The van der Waals surface area contributed by atoms with E-state index >= 15 is 0 Å². The Morgan fingerprint density at radius 2 is 1.54 bits per heavy atom. The molecular formula is C22H31NO4S. The van der Waals surface area contributed by atoms with Crippen molar-refractivity contribution in [2.24, 2.45) is 0 Å². The van der Waals surface area contributed by atoms with Crippen LogP contribution in [0.15, 0.2) is 42.5 Å². The fourth-order valence-corrected chi connectivity index (χ4v) is 4.28. The van der Waals surface area contributed by atoms with Crippen molar-refractivity contribution in [1.82, 2.24) is 0 Å². The van der Waals surface area contributed by atoms with E-state index in [0.29, 0.717) is 30.5 Å². The highest BCUT2D eigenvalue weighted by Gasteiger charge is 2.10. The highest BCUT2D eigenvalue weighted by atomic mass is 32.2. The first-order chi connectivity index (χ1) is 13.4. The van der Waals surface area contributed by atoms with Crippen LogP contribution in [0.2, 0.25) is 0 Å². The van der Waals surface area contributed by atoms with Crippen LogP contribution in [0.1, 0.15) is 56.6 Å². The fraction of sp³-hybridized carbons (Fsp3) is 0.455. The van der Waals surface area contributed by atoms with Crippen LogP contribution in [0.4, 0.5) is 5.69 Å². The summed E-state index contributed by atoms with van der Waals surface area (Å²) in [6.07, 6.45) is 7.56. The topological polar surface area (TPSA) is 86.6 Å². The first-order valence-corrected chi connectivity index (χ1v) is 11.6. The number of hydrogen-bond acceptors (Lipinski definition) is 4. The molecule has 0 atom stereocenters. The Hall–Kier alpha value is -2.21. The molecule has 5 nitrogen and oxygen atoms in total. The molecule has 3 N–H and O–H groups in total. The van der Waals surface area contributed by atoms with Gasteiger partial charge in [-0.15, -0.1) is 0 Å². The summed E-state index contributed by atoms with van der Waals surface area (Å²) in [5.74, 6) is 0.442. The molecule has 0 saturated heterocycles. The molecular weight excluding hydrogens is 374 g/mol. The van der Waals surface area contributed by atoms with Gasteiger partial charge in [0.15, 0.2) is 0 Å². The Morgan fingerprint density at radius 1 is 0.857 bits per heavy atom. The van der Waals surface area contributed by atoms with E-state index in [0.717, 1.165) is 18.4 Å². The number of aromatic hydroxyl groups is 2. The van der Waals surface area contributed by atoms with Crippen molar-refractivity contribution in [2.45, 2.75) is 58.3 Å². The quantitative estimate of drug-likeness (QED) is 0.343. The van der Waals surface area contributed by atoms with Crippen LogP contribution in [0, 0.1) is 0 Å². The highest BCUT2D eigenvalue weighted by molar-refractivity contribution is 7.92. The molecule has 0 radical (unpaired) electrons. The maximum absolute atomic E-state index is 12.2. The van der Waals surface area contributed by atoms with Gasteiger partial charge in [-0.2, -0.15) is 0 Å². The number of aryl methyl sites for hydroxylation is 2. The molecule has 0 aliphatic carbocycles. The molecule has 2 aromatic carbocycles. The first-order valence-electron chi connectivity index (χ1n) is 10.00. The van der Waals surface area contributed by atoms with Gasteiger partial charge in [-0.3, -0.25) is 4.72 Å². The Labute approximate surface area is 168 Å². The lowest BCUT2D eigenvalue weighted by Crippen LogP contribution is -2.16. The van der Waals surface area contributed by atoms with E-state index in [2.05, 4.69) is 11.6 Å². The van der Waals surface area contributed by atoms with Gasteiger partial charge in [0.2, 0.25) is 10.0 Å². The number of benzene rings is 2. The van der Waals surface area contributed by atoms with Crippen molar-refractivity contribution in [3.63, 3.8) is 0 Å². The van der Waals surface area contributed by atoms with Crippen molar-refractivity contribution >= 4 is 15.7 Å². The van der Waals surface area contributed by atoms with Gasteiger partial charge in [0, 0.05) is 5.69 Å². The van der Waals surface area contributed by atoms with Gasteiger partial charge >= 0.3 is 0 Å². The zero-order chi connectivity index (χ0) is 20.4. The molecule has 0 bridgehead atoms. The van der Waals surface area contributed by atoms with Crippen LogP contribution in [-0.4, -0.2) is 24.4 Å². The van der Waals surface area contributed by atoms with E-state index in [-0.39, 0.29) is 17.3 Å². The van der Waals surface area contributed by atoms with Crippen molar-refractivity contribution in [3.05, 3.63) is 53.6 Å². The number of phenols is 2. The molecule has 2 aromatic rings. The van der Waals surface area contributed by atoms with Gasteiger partial charge < -0.3 is 10.2 Å². The average Bonchev–Trinajstić information content (AvgIpc) is 2.66. The SMILES string of the molecule is CCCCCCCCS(=O)(=O)Nc1ccc(CCc2cc(O)ccc2O)cc1. The minimum absolute atomic E-state index is 0.128. The van der Waals surface area contributed by atoms with Crippen LogP contribution in [-0.2, 0) is 22.9 Å². The molecule has 0 spiro atoms. The Bertz CT molecular complexity index is 832. The van der Waals surface area contributed by atoms with Crippen LogP contribution in [0.5, 0.6) is 11.5 Å². The third kappa shape index (κ3) is 7.80. The largest absolute Gasteiger partial charge is 0.508 e. The summed E-state index contributed by atoms with van der Waals surface area (Å²) in [5.41, 5.74) is 2.28. The normalized spacial score (nSPS) is 11.5. The van der Waals surface area contributed by atoms with E-state index in [1.54, 1.807) is 18.2 Å². The maximum atomic E-state index is 12.2. The lowest BCUT2D eigenvalue weighted by atomic mass is 10.0. The van der Waals surface area contributed by atoms with E-state index in [1.807, 2.05) is 12.1 Å². The monoisotopic (exact) mass is 405 g/mol. The second kappa shape index (κ2) is 11.0. The summed E-state index contributed by atoms with van der Waals surface area (Å²) in [6, 6.07) is 11.8. The molecule has 2 rings (SSSR count). The predicted octanol–water partition coefficient (Wildman–Crippen LogP) is 4.99. The summed E-state index contributed by atoms with van der Waals surface area (Å²) in [5, 5.41) is 19.3. The average molecular weight is 406 g/mol. The lowest BCUT2D eigenvalue weighted by Gasteiger charge is -2.09. The minimum atomic E-state index is -3.32.